The lowest BCUT2D eigenvalue weighted by Crippen LogP contribution is -1.92. The van der Waals surface area contributed by atoms with Gasteiger partial charge in [-0.25, -0.2) is 4.98 Å². The van der Waals surface area contributed by atoms with E-state index in [4.69, 9.17) is 0 Å². The number of non-ortho nitro benzene ring substituents is 1. The standard InChI is InChI=1S/C19H13BrN4O2S/c1-12-5-6-17(16(20)7-12)22-10-14(9-21)19-23-18(11-27-19)13-3-2-4-15(8-13)24(25)26/h2-8,10-11,22H,1H3/b14-10+. The van der Waals surface area contributed by atoms with Crippen molar-refractivity contribution < 1.29 is 4.92 Å². The molecule has 8 heteroatoms. The average molecular weight is 441 g/mol. The molecule has 0 amide bonds. The number of nitro benzene ring substituents is 1. The van der Waals surface area contributed by atoms with Gasteiger partial charge in [0.05, 0.1) is 16.3 Å². The Kier molecular flexibility index (Phi) is 5.64. The summed E-state index contributed by atoms with van der Waals surface area (Å²) in [5.41, 5.74) is 3.57. The Hall–Kier alpha value is -3.02. The molecule has 0 aliphatic heterocycles. The molecule has 2 aromatic carbocycles. The summed E-state index contributed by atoms with van der Waals surface area (Å²) in [7, 11) is 0. The number of thiazole rings is 1. The Morgan fingerprint density at radius 1 is 1.37 bits per heavy atom. The number of hydrogen-bond acceptors (Lipinski definition) is 6. The zero-order valence-corrected chi connectivity index (χ0v) is 16.5. The third kappa shape index (κ3) is 4.39. The molecule has 0 aliphatic carbocycles. The van der Waals surface area contributed by atoms with Crippen LogP contribution < -0.4 is 5.32 Å². The monoisotopic (exact) mass is 440 g/mol. The summed E-state index contributed by atoms with van der Waals surface area (Å²) in [6.07, 6.45) is 1.60. The van der Waals surface area contributed by atoms with E-state index in [9.17, 15) is 15.4 Å². The van der Waals surface area contributed by atoms with Gasteiger partial charge in [-0.3, -0.25) is 10.1 Å². The second-order valence-corrected chi connectivity index (χ2v) is 7.36. The summed E-state index contributed by atoms with van der Waals surface area (Å²) in [6, 6.07) is 14.3. The maximum atomic E-state index is 10.9. The Labute approximate surface area is 168 Å². The Morgan fingerprint density at radius 2 is 2.19 bits per heavy atom. The summed E-state index contributed by atoms with van der Waals surface area (Å²) in [6.45, 7) is 2.00. The van der Waals surface area contributed by atoms with Gasteiger partial charge in [-0.1, -0.05) is 18.2 Å². The highest BCUT2D eigenvalue weighted by molar-refractivity contribution is 9.10. The van der Waals surface area contributed by atoms with E-state index < -0.39 is 4.92 Å². The molecule has 3 aromatic rings. The molecule has 0 saturated heterocycles. The molecule has 134 valence electrons. The number of aromatic nitrogens is 1. The molecule has 0 fully saturated rings. The molecule has 3 rings (SSSR count). The average Bonchev–Trinajstić information content (AvgIpc) is 3.14. The molecule has 27 heavy (non-hydrogen) atoms. The smallest absolute Gasteiger partial charge is 0.270 e. The highest BCUT2D eigenvalue weighted by Crippen LogP contribution is 2.29. The third-order valence-corrected chi connectivity index (χ3v) is 5.24. The molecule has 0 saturated carbocycles. The van der Waals surface area contributed by atoms with Crippen LogP contribution in [-0.4, -0.2) is 9.91 Å². The van der Waals surface area contributed by atoms with Gasteiger partial charge in [0, 0.05) is 33.7 Å². The van der Waals surface area contributed by atoms with Crippen molar-refractivity contribution in [3.05, 3.63) is 79.2 Å². The van der Waals surface area contributed by atoms with E-state index in [0.29, 0.717) is 21.8 Å². The van der Waals surface area contributed by atoms with Gasteiger partial charge in [0.15, 0.2) is 0 Å². The number of anilines is 1. The van der Waals surface area contributed by atoms with Crippen LogP contribution >= 0.6 is 27.3 Å². The summed E-state index contributed by atoms with van der Waals surface area (Å²) in [4.78, 5) is 14.9. The number of nitrogens with zero attached hydrogens (tertiary/aromatic N) is 3. The lowest BCUT2D eigenvalue weighted by molar-refractivity contribution is -0.384. The van der Waals surface area contributed by atoms with Gasteiger partial charge >= 0.3 is 0 Å². The maximum Gasteiger partial charge on any atom is 0.270 e. The lowest BCUT2D eigenvalue weighted by Gasteiger charge is -2.05. The number of aryl methyl sites for hydroxylation is 1. The molecule has 1 N–H and O–H groups in total. The van der Waals surface area contributed by atoms with Crippen molar-refractivity contribution in [3.8, 4) is 17.3 Å². The van der Waals surface area contributed by atoms with Gasteiger partial charge in [-0.2, -0.15) is 5.26 Å². The second-order valence-electron chi connectivity index (χ2n) is 5.64. The van der Waals surface area contributed by atoms with Crippen LogP contribution in [0.15, 0.2) is 58.5 Å². The third-order valence-electron chi connectivity index (χ3n) is 3.70. The summed E-state index contributed by atoms with van der Waals surface area (Å²) in [5.74, 6) is 0. The van der Waals surface area contributed by atoms with E-state index >= 15 is 0 Å². The van der Waals surface area contributed by atoms with Crippen LogP contribution in [0, 0.1) is 28.4 Å². The van der Waals surface area contributed by atoms with Crippen molar-refractivity contribution in [2.24, 2.45) is 0 Å². The second kappa shape index (κ2) is 8.12. The van der Waals surface area contributed by atoms with E-state index in [1.54, 1.807) is 23.7 Å². The largest absolute Gasteiger partial charge is 0.359 e. The fourth-order valence-electron chi connectivity index (χ4n) is 2.34. The van der Waals surface area contributed by atoms with Gasteiger partial charge < -0.3 is 5.32 Å². The predicted octanol–water partition coefficient (Wildman–Crippen LogP) is 5.77. The number of benzene rings is 2. The highest BCUT2D eigenvalue weighted by Gasteiger charge is 2.12. The fraction of sp³-hybridized carbons (Fsp3) is 0.0526. The van der Waals surface area contributed by atoms with E-state index in [0.717, 1.165) is 15.7 Å². The molecule has 0 spiro atoms. The van der Waals surface area contributed by atoms with E-state index in [1.165, 1.54) is 23.5 Å². The first-order chi connectivity index (χ1) is 13.0. The normalized spacial score (nSPS) is 11.1. The molecule has 0 aliphatic rings. The van der Waals surface area contributed by atoms with Gasteiger partial charge in [0.2, 0.25) is 0 Å². The number of nitriles is 1. The SMILES string of the molecule is Cc1ccc(N/C=C(\C#N)c2nc(-c3cccc([N+](=O)[O-])c3)cs2)c(Br)c1. The van der Waals surface area contributed by atoms with Crippen LogP contribution in [0.25, 0.3) is 16.8 Å². The summed E-state index contributed by atoms with van der Waals surface area (Å²) in [5, 5.41) is 25.8. The topological polar surface area (TPSA) is 91.8 Å². The van der Waals surface area contributed by atoms with E-state index in [1.807, 2.05) is 25.1 Å². The van der Waals surface area contributed by atoms with Crippen molar-refractivity contribution in [2.75, 3.05) is 5.32 Å². The Bertz CT molecular complexity index is 1090. The van der Waals surface area contributed by atoms with Crippen LogP contribution in [0.5, 0.6) is 0 Å². The lowest BCUT2D eigenvalue weighted by atomic mass is 10.1. The van der Waals surface area contributed by atoms with Gasteiger partial charge in [0.25, 0.3) is 5.69 Å². The molecule has 0 radical (unpaired) electrons. The molecule has 1 aromatic heterocycles. The van der Waals surface area contributed by atoms with Crippen molar-refractivity contribution in [2.45, 2.75) is 6.92 Å². The number of hydrogen-bond donors (Lipinski definition) is 1. The van der Waals surface area contributed by atoms with Gasteiger partial charge in [-0.15, -0.1) is 11.3 Å². The summed E-state index contributed by atoms with van der Waals surface area (Å²) >= 11 is 4.80. The zero-order chi connectivity index (χ0) is 19.4. The maximum absolute atomic E-state index is 10.9. The quantitative estimate of drug-likeness (QED) is 0.309. The summed E-state index contributed by atoms with van der Waals surface area (Å²) < 4.78 is 0.896. The van der Waals surface area contributed by atoms with E-state index in [-0.39, 0.29) is 5.69 Å². The molecule has 0 atom stereocenters. The van der Waals surface area contributed by atoms with Crippen LogP contribution in [0.3, 0.4) is 0 Å². The fourth-order valence-corrected chi connectivity index (χ4v) is 3.74. The molecule has 0 bridgehead atoms. The van der Waals surface area contributed by atoms with Crippen molar-refractivity contribution in [1.82, 2.24) is 4.98 Å². The van der Waals surface area contributed by atoms with Crippen molar-refractivity contribution in [1.29, 1.82) is 5.26 Å². The van der Waals surface area contributed by atoms with Gasteiger partial charge in [0.1, 0.15) is 16.6 Å². The van der Waals surface area contributed by atoms with E-state index in [2.05, 4.69) is 32.3 Å². The molecule has 0 unspecified atom stereocenters. The molecular formula is C19H13BrN4O2S. The Morgan fingerprint density at radius 3 is 2.89 bits per heavy atom. The first kappa shape index (κ1) is 18.8. The first-order valence-electron chi connectivity index (χ1n) is 7.81. The minimum atomic E-state index is -0.444. The highest BCUT2D eigenvalue weighted by atomic mass is 79.9. The number of halogens is 1. The van der Waals surface area contributed by atoms with Crippen LogP contribution in [0.1, 0.15) is 10.6 Å². The Balaban J connectivity index is 1.86. The number of rotatable bonds is 5. The first-order valence-corrected chi connectivity index (χ1v) is 9.49. The predicted molar refractivity (Wildman–Crippen MR) is 110 cm³/mol. The van der Waals surface area contributed by atoms with Crippen LogP contribution in [0.2, 0.25) is 0 Å². The minimum absolute atomic E-state index is 0.00369. The zero-order valence-electron chi connectivity index (χ0n) is 14.1. The minimum Gasteiger partial charge on any atom is -0.359 e. The number of nitrogens with one attached hydrogen (secondary N) is 1. The van der Waals surface area contributed by atoms with Crippen LogP contribution in [0.4, 0.5) is 11.4 Å². The number of allylic oxidation sites excluding steroid dienone is 1. The molecule has 1 heterocycles. The van der Waals surface area contributed by atoms with Crippen molar-refractivity contribution >= 4 is 44.2 Å². The number of nitro groups is 1. The van der Waals surface area contributed by atoms with Crippen molar-refractivity contribution in [3.63, 3.8) is 0 Å². The molecule has 6 nitrogen and oxygen atoms in total. The van der Waals surface area contributed by atoms with Crippen LogP contribution in [-0.2, 0) is 0 Å². The van der Waals surface area contributed by atoms with Gasteiger partial charge in [-0.05, 0) is 40.5 Å². The molecular weight excluding hydrogens is 428 g/mol.